The molecule has 0 amide bonds. The third kappa shape index (κ3) is 2.82. The molecule has 5 nitrogen and oxygen atoms in total. The van der Waals surface area contributed by atoms with Crippen LogP contribution in [-0.4, -0.2) is 22.6 Å². The Labute approximate surface area is 94.5 Å². The maximum Gasteiger partial charge on any atom is 0.252 e. The van der Waals surface area contributed by atoms with E-state index in [9.17, 15) is 4.79 Å². The Kier molecular flexibility index (Phi) is 3.24. The van der Waals surface area contributed by atoms with Gasteiger partial charge in [0, 0.05) is 18.7 Å². The van der Waals surface area contributed by atoms with Gasteiger partial charge in [-0.2, -0.15) is 0 Å². The summed E-state index contributed by atoms with van der Waals surface area (Å²) in [7, 11) is 0. The van der Waals surface area contributed by atoms with Crippen LogP contribution in [0, 0.1) is 12.8 Å². The molecule has 4 N–H and O–H groups in total. The van der Waals surface area contributed by atoms with E-state index in [0.29, 0.717) is 23.6 Å². The lowest BCUT2D eigenvalue weighted by Gasteiger charge is -2.11. The molecule has 1 heterocycles. The number of hydrogen-bond donors (Lipinski definition) is 3. The Morgan fingerprint density at radius 1 is 1.62 bits per heavy atom. The van der Waals surface area contributed by atoms with Crippen molar-refractivity contribution in [1.82, 2.24) is 9.97 Å². The Morgan fingerprint density at radius 2 is 2.44 bits per heavy atom. The van der Waals surface area contributed by atoms with Crippen molar-refractivity contribution in [3.63, 3.8) is 0 Å². The standard InChI is InChI=1S/C11H18N4O/c1-7-14-10(5-11(16)15-7)13-6-8-2-3-9(12)4-8/h5,8-9H,2-4,6,12H2,1H3,(H2,13,14,15,16). The number of nitrogens with zero attached hydrogens (tertiary/aromatic N) is 1. The largest absolute Gasteiger partial charge is 0.370 e. The summed E-state index contributed by atoms with van der Waals surface area (Å²) >= 11 is 0. The smallest absolute Gasteiger partial charge is 0.252 e. The summed E-state index contributed by atoms with van der Waals surface area (Å²) in [5.74, 6) is 1.90. The quantitative estimate of drug-likeness (QED) is 0.700. The minimum atomic E-state index is -0.113. The van der Waals surface area contributed by atoms with E-state index in [0.717, 1.165) is 25.8 Å². The predicted molar refractivity (Wildman–Crippen MR) is 63.4 cm³/mol. The van der Waals surface area contributed by atoms with Gasteiger partial charge in [0.15, 0.2) is 0 Å². The molecule has 2 unspecified atom stereocenters. The molecule has 0 bridgehead atoms. The predicted octanol–water partition coefficient (Wildman–Crippen LogP) is 0.618. The first-order valence-corrected chi connectivity index (χ1v) is 5.71. The molecule has 0 spiro atoms. The molecule has 1 aliphatic rings. The molecular weight excluding hydrogens is 204 g/mol. The molecule has 0 aromatic carbocycles. The molecule has 2 rings (SSSR count). The average Bonchev–Trinajstić information content (AvgIpc) is 2.60. The molecule has 5 heteroatoms. The van der Waals surface area contributed by atoms with Crippen LogP contribution in [0.15, 0.2) is 10.9 Å². The summed E-state index contributed by atoms with van der Waals surface area (Å²) in [5.41, 5.74) is 5.73. The van der Waals surface area contributed by atoms with E-state index in [1.54, 1.807) is 6.92 Å². The molecular formula is C11H18N4O. The molecule has 1 aliphatic carbocycles. The number of aryl methyl sites for hydroxylation is 1. The lowest BCUT2D eigenvalue weighted by atomic mass is 10.1. The maximum absolute atomic E-state index is 11.2. The molecule has 2 atom stereocenters. The van der Waals surface area contributed by atoms with Crippen LogP contribution < -0.4 is 16.6 Å². The van der Waals surface area contributed by atoms with Crippen molar-refractivity contribution in [1.29, 1.82) is 0 Å². The summed E-state index contributed by atoms with van der Waals surface area (Å²) in [6.45, 7) is 2.63. The second-order valence-electron chi connectivity index (χ2n) is 4.54. The summed E-state index contributed by atoms with van der Waals surface area (Å²) in [6.07, 6.45) is 3.33. The molecule has 1 aromatic heterocycles. The van der Waals surface area contributed by atoms with Crippen LogP contribution in [0.25, 0.3) is 0 Å². The first-order chi connectivity index (χ1) is 7.63. The van der Waals surface area contributed by atoms with E-state index in [4.69, 9.17) is 5.73 Å². The van der Waals surface area contributed by atoms with Gasteiger partial charge in [0.05, 0.1) is 0 Å². The number of hydrogen-bond acceptors (Lipinski definition) is 4. The minimum Gasteiger partial charge on any atom is -0.370 e. The van der Waals surface area contributed by atoms with Gasteiger partial charge in [0.25, 0.3) is 5.56 Å². The topological polar surface area (TPSA) is 83.8 Å². The van der Waals surface area contributed by atoms with Gasteiger partial charge in [0.1, 0.15) is 11.6 Å². The van der Waals surface area contributed by atoms with E-state index in [1.165, 1.54) is 6.07 Å². The van der Waals surface area contributed by atoms with Crippen LogP contribution in [0.1, 0.15) is 25.1 Å². The zero-order valence-corrected chi connectivity index (χ0v) is 9.49. The number of anilines is 1. The van der Waals surface area contributed by atoms with Crippen molar-refractivity contribution in [3.8, 4) is 0 Å². The van der Waals surface area contributed by atoms with E-state index in [1.807, 2.05) is 0 Å². The molecule has 1 aromatic rings. The maximum atomic E-state index is 11.2. The van der Waals surface area contributed by atoms with E-state index >= 15 is 0 Å². The fraction of sp³-hybridized carbons (Fsp3) is 0.636. The molecule has 0 saturated heterocycles. The van der Waals surface area contributed by atoms with Crippen LogP contribution in [0.3, 0.4) is 0 Å². The minimum absolute atomic E-state index is 0.113. The Hall–Kier alpha value is -1.36. The zero-order valence-electron chi connectivity index (χ0n) is 9.49. The number of aromatic nitrogens is 2. The summed E-state index contributed by atoms with van der Waals surface area (Å²) < 4.78 is 0. The van der Waals surface area contributed by atoms with E-state index < -0.39 is 0 Å². The number of nitrogens with one attached hydrogen (secondary N) is 2. The number of nitrogens with two attached hydrogens (primary N) is 1. The first-order valence-electron chi connectivity index (χ1n) is 5.71. The lowest BCUT2D eigenvalue weighted by Crippen LogP contribution is -2.19. The lowest BCUT2D eigenvalue weighted by molar-refractivity contribution is 0.564. The molecule has 16 heavy (non-hydrogen) atoms. The number of aromatic amines is 1. The summed E-state index contributed by atoms with van der Waals surface area (Å²) in [6, 6.07) is 1.84. The Balaban J connectivity index is 1.92. The van der Waals surface area contributed by atoms with E-state index in [-0.39, 0.29) is 5.56 Å². The van der Waals surface area contributed by atoms with Crippen molar-refractivity contribution < 1.29 is 0 Å². The molecule has 88 valence electrons. The molecule has 1 saturated carbocycles. The van der Waals surface area contributed by atoms with Crippen molar-refractivity contribution >= 4 is 5.82 Å². The summed E-state index contributed by atoms with van der Waals surface area (Å²) in [5, 5.41) is 3.20. The Bertz CT molecular complexity index is 415. The third-order valence-corrected chi connectivity index (χ3v) is 3.01. The normalized spacial score (nSPS) is 24.6. The zero-order chi connectivity index (χ0) is 11.5. The highest BCUT2D eigenvalue weighted by Crippen LogP contribution is 2.23. The van der Waals surface area contributed by atoms with Gasteiger partial charge in [-0.15, -0.1) is 0 Å². The highest BCUT2D eigenvalue weighted by molar-refractivity contribution is 5.32. The second kappa shape index (κ2) is 4.65. The van der Waals surface area contributed by atoms with Gasteiger partial charge in [-0.05, 0) is 32.1 Å². The van der Waals surface area contributed by atoms with Crippen LogP contribution >= 0.6 is 0 Å². The van der Waals surface area contributed by atoms with Crippen molar-refractivity contribution in [2.24, 2.45) is 11.7 Å². The molecule has 0 aliphatic heterocycles. The van der Waals surface area contributed by atoms with Gasteiger partial charge in [-0.25, -0.2) is 4.98 Å². The fourth-order valence-corrected chi connectivity index (χ4v) is 2.22. The third-order valence-electron chi connectivity index (χ3n) is 3.01. The van der Waals surface area contributed by atoms with Gasteiger partial charge < -0.3 is 16.0 Å². The SMILES string of the molecule is Cc1nc(NCC2CCC(N)C2)cc(=O)[nH]1. The average molecular weight is 222 g/mol. The van der Waals surface area contributed by atoms with Crippen molar-refractivity contribution in [2.45, 2.75) is 32.2 Å². The first kappa shape index (κ1) is 11.1. The fourth-order valence-electron chi connectivity index (χ4n) is 2.22. The van der Waals surface area contributed by atoms with Crippen LogP contribution in [0.4, 0.5) is 5.82 Å². The highest BCUT2D eigenvalue weighted by Gasteiger charge is 2.21. The van der Waals surface area contributed by atoms with Crippen molar-refractivity contribution in [2.75, 3.05) is 11.9 Å². The van der Waals surface area contributed by atoms with Crippen LogP contribution in [0.5, 0.6) is 0 Å². The Morgan fingerprint density at radius 3 is 3.06 bits per heavy atom. The highest BCUT2D eigenvalue weighted by atomic mass is 16.1. The molecule has 0 radical (unpaired) electrons. The van der Waals surface area contributed by atoms with Gasteiger partial charge >= 0.3 is 0 Å². The van der Waals surface area contributed by atoms with E-state index in [2.05, 4.69) is 15.3 Å². The van der Waals surface area contributed by atoms with Gasteiger partial charge in [-0.3, -0.25) is 4.79 Å². The van der Waals surface area contributed by atoms with Crippen LogP contribution in [0.2, 0.25) is 0 Å². The number of rotatable bonds is 3. The van der Waals surface area contributed by atoms with Gasteiger partial charge in [-0.1, -0.05) is 0 Å². The van der Waals surface area contributed by atoms with Crippen LogP contribution in [-0.2, 0) is 0 Å². The monoisotopic (exact) mass is 222 g/mol. The summed E-state index contributed by atoms with van der Waals surface area (Å²) in [4.78, 5) is 18.0. The molecule has 1 fully saturated rings. The number of H-pyrrole nitrogens is 1. The van der Waals surface area contributed by atoms with Crippen molar-refractivity contribution in [3.05, 3.63) is 22.2 Å². The van der Waals surface area contributed by atoms with Gasteiger partial charge in [0.2, 0.25) is 0 Å². The second-order valence-corrected chi connectivity index (χ2v) is 4.54.